The molecule has 68 valence electrons. The van der Waals surface area contributed by atoms with E-state index in [0.717, 1.165) is 11.3 Å². The zero-order valence-corrected chi connectivity index (χ0v) is 8.18. The van der Waals surface area contributed by atoms with Crippen molar-refractivity contribution in [1.82, 2.24) is 0 Å². The second kappa shape index (κ2) is 5.47. The van der Waals surface area contributed by atoms with Crippen LogP contribution in [0.2, 0.25) is 0 Å². The number of allylic oxidation sites excluding steroid dienone is 3. The fourth-order valence-corrected chi connectivity index (χ4v) is 0.676. The van der Waals surface area contributed by atoms with Crippen LogP contribution in [0.4, 0.5) is 0 Å². The molecule has 0 amide bonds. The Morgan fingerprint density at radius 2 is 1.67 bits per heavy atom. The van der Waals surface area contributed by atoms with Crippen LogP contribution in [0, 0.1) is 0 Å². The summed E-state index contributed by atoms with van der Waals surface area (Å²) in [7, 11) is 3.23. The van der Waals surface area contributed by atoms with Gasteiger partial charge in [0.1, 0.15) is 11.5 Å². The fourth-order valence-electron chi connectivity index (χ4n) is 0.676. The van der Waals surface area contributed by atoms with Gasteiger partial charge in [-0.3, -0.25) is 0 Å². The van der Waals surface area contributed by atoms with Crippen LogP contribution >= 0.6 is 0 Å². The second-order valence-corrected chi connectivity index (χ2v) is 2.57. The maximum absolute atomic E-state index is 5.10. The summed E-state index contributed by atoms with van der Waals surface area (Å²) in [6, 6.07) is 0. The van der Waals surface area contributed by atoms with Crippen LogP contribution in [-0.4, -0.2) is 14.2 Å². The van der Waals surface area contributed by atoms with Gasteiger partial charge in [0.05, 0.1) is 14.2 Å². The van der Waals surface area contributed by atoms with Crippen molar-refractivity contribution in [2.75, 3.05) is 14.2 Å². The lowest BCUT2D eigenvalue weighted by molar-refractivity contribution is 0.297. The third-order valence-corrected chi connectivity index (χ3v) is 1.40. The molecule has 0 aromatic heterocycles. The molecule has 0 spiro atoms. The number of hydrogen-bond donors (Lipinski definition) is 0. The number of hydrogen-bond acceptors (Lipinski definition) is 2. The molecule has 0 rings (SSSR count). The summed E-state index contributed by atoms with van der Waals surface area (Å²) in [4.78, 5) is 0. The third-order valence-electron chi connectivity index (χ3n) is 1.40. The molecule has 0 fully saturated rings. The summed E-state index contributed by atoms with van der Waals surface area (Å²) < 4.78 is 9.97. The van der Waals surface area contributed by atoms with Gasteiger partial charge < -0.3 is 9.47 Å². The molecule has 0 aromatic carbocycles. The van der Waals surface area contributed by atoms with Crippen LogP contribution in [0.5, 0.6) is 0 Å². The Balaban J connectivity index is 4.32. The van der Waals surface area contributed by atoms with Crippen LogP contribution in [0.25, 0.3) is 0 Å². The van der Waals surface area contributed by atoms with Gasteiger partial charge in [0.15, 0.2) is 0 Å². The Labute approximate surface area is 74.2 Å². The SMILES string of the molecule is C=C(C=CC(OC)=C(C)C)OC. The zero-order valence-electron chi connectivity index (χ0n) is 8.18. The summed E-state index contributed by atoms with van der Waals surface area (Å²) in [6.45, 7) is 7.62. The molecule has 0 unspecified atom stereocenters. The smallest absolute Gasteiger partial charge is 0.117 e. The van der Waals surface area contributed by atoms with Crippen molar-refractivity contribution in [3.05, 3.63) is 35.8 Å². The predicted octanol–water partition coefficient (Wildman–Crippen LogP) is 2.64. The summed E-state index contributed by atoms with van der Waals surface area (Å²) in [6.07, 6.45) is 3.60. The standard InChI is InChI=1S/C10H16O2/c1-8(2)10(12-5)7-6-9(3)11-4/h6-7H,3H2,1-2,4-5H3. The molecule has 0 radical (unpaired) electrons. The Hall–Kier alpha value is -1.18. The van der Waals surface area contributed by atoms with E-state index in [2.05, 4.69) is 6.58 Å². The van der Waals surface area contributed by atoms with E-state index in [0.29, 0.717) is 5.76 Å². The van der Waals surface area contributed by atoms with Crippen molar-refractivity contribution >= 4 is 0 Å². The second-order valence-electron chi connectivity index (χ2n) is 2.57. The van der Waals surface area contributed by atoms with E-state index in [1.54, 1.807) is 20.3 Å². The van der Waals surface area contributed by atoms with Crippen LogP contribution in [0.1, 0.15) is 13.8 Å². The normalized spacial score (nSPS) is 9.67. The summed E-state index contributed by atoms with van der Waals surface area (Å²) in [5.41, 5.74) is 1.12. The van der Waals surface area contributed by atoms with E-state index in [1.165, 1.54) is 0 Å². The quantitative estimate of drug-likeness (QED) is 0.474. The Morgan fingerprint density at radius 1 is 1.08 bits per heavy atom. The summed E-state index contributed by atoms with van der Waals surface area (Å²) in [5.74, 6) is 1.46. The molecule has 0 aromatic rings. The first-order valence-electron chi connectivity index (χ1n) is 3.74. The highest BCUT2D eigenvalue weighted by atomic mass is 16.5. The molecule has 0 atom stereocenters. The minimum atomic E-state index is 0.616. The first kappa shape index (κ1) is 10.8. The van der Waals surface area contributed by atoms with E-state index in [9.17, 15) is 0 Å². The van der Waals surface area contributed by atoms with Gasteiger partial charge >= 0.3 is 0 Å². The highest BCUT2D eigenvalue weighted by Gasteiger charge is 1.92. The molecule has 2 nitrogen and oxygen atoms in total. The molecule has 0 aliphatic heterocycles. The van der Waals surface area contributed by atoms with Gasteiger partial charge in [-0.1, -0.05) is 6.58 Å². The molecule has 0 bridgehead atoms. The molecule has 0 saturated carbocycles. The van der Waals surface area contributed by atoms with E-state index >= 15 is 0 Å². The lowest BCUT2D eigenvalue weighted by atomic mass is 10.2. The average molecular weight is 168 g/mol. The topological polar surface area (TPSA) is 18.5 Å². The van der Waals surface area contributed by atoms with E-state index in [-0.39, 0.29) is 0 Å². The zero-order chi connectivity index (χ0) is 9.56. The minimum Gasteiger partial charge on any atom is -0.497 e. The van der Waals surface area contributed by atoms with Crippen molar-refractivity contribution in [1.29, 1.82) is 0 Å². The average Bonchev–Trinajstić information content (AvgIpc) is 2.04. The first-order chi connectivity index (χ1) is 5.61. The van der Waals surface area contributed by atoms with Gasteiger partial charge in [-0.05, 0) is 31.6 Å². The molecule has 0 aliphatic carbocycles. The van der Waals surface area contributed by atoms with Crippen LogP contribution in [-0.2, 0) is 9.47 Å². The number of rotatable bonds is 4. The van der Waals surface area contributed by atoms with E-state index < -0.39 is 0 Å². The highest BCUT2D eigenvalue weighted by Crippen LogP contribution is 2.06. The predicted molar refractivity (Wildman–Crippen MR) is 50.7 cm³/mol. The summed E-state index contributed by atoms with van der Waals surface area (Å²) in [5, 5.41) is 0. The monoisotopic (exact) mass is 168 g/mol. The van der Waals surface area contributed by atoms with Crippen molar-refractivity contribution in [3.8, 4) is 0 Å². The van der Waals surface area contributed by atoms with Gasteiger partial charge in [-0.25, -0.2) is 0 Å². The van der Waals surface area contributed by atoms with Crippen molar-refractivity contribution < 1.29 is 9.47 Å². The van der Waals surface area contributed by atoms with Crippen molar-refractivity contribution in [2.45, 2.75) is 13.8 Å². The van der Waals surface area contributed by atoms with E-state index in [1.807, 2.05) is 19.9 Å². The molecule has 0 saturated heterocycles. The first-order valence-corrected chi connectivity index (χ1v) is 3.74. The minimum absolute atomic E-state index is 0.616. The largest absolute Gasteiger partial charge is 0.497 e. The molecule has 0 heterocycles. The van der Waals surface area contributed by atoms with Crippen molar-refractivity contribution in [2.24, 2.45) is 0 Å². The van der Waals surface area contributed by atoms with Gasteiger partial charge in [0.2, 0.25) is 0 Å². The van der Waals surface area contributed by atoms with Gasteiger partial charge in [0, 0.05) is 0 Å². The van der Waals surface area contributed by atoms with E-state index in [4.69, 9.17) is 9.47 Å². The Morgan fingerprint density at radius 3 is 2.00 bits per heavy atom. The third kappa shape index (κ3) is 3.86. The highest BCUT2D eigenvalue weighted by molar-refractivity contribution is 5.22. The number of ether oxygens (including phenoxy) is 2. The molecular formula is C10H16O2. The maximum atomic E-state index is 5.10. The maximum Gasteiger partial charge on any atom is 0.117 e. The summed E-state index contributed by atoms with van der Waals surface area (Å²) >= 11 is 0. The van der Waals surface area contributed by atoms with Crippen LogP contribution in [0.15, 0.2) is 35.8 Å². The van der Waals surface area contributed by atoms with Crippen LogP contribution < -0.4 is 0 Å². The number of methoxy groups -OCH3 is 2. The Kier molecular flexibility index (Phi) is 4.93. The molecular weight excluding hydrogens is 152 g/mol. The van der Waals surface area contributed by atoms with Gasteiger partial charge in [-0.15, -0.1) is 0 Å². The lowest BCUT2D eigenvalue weighted by Crippen LogP contribution is -1.86. The van der Waals surface area contributed by atoms with Crippen molar-refractivity contribution in [3.63, 3.8) is 0 Å². The molecule has 12 heavy (non-hydrogen) atoms. The molecule has 0 aliphatic rings. The Bertz CT molecular complexity index is 208. The molecule has 2 heteroatoms. The fraction of sp³-hybridized carbons (Fsp3) is 0.400. The van der Waals surface area contributed by atoms with Gasteiger partial charge in [-0.2, -0.15) is 0 Å². The van der Waals surface area contributed by atoms with Gasteiger partial charge in [0.25, 0.3) is 0 Å². The molecule has 0 N–H and O–H groups in total. The van der Waals surface area contributed by atoms with Crippen LogP contribution in [0.3, 0.4) is 0 Å². The lowest BCUT2D eigenvalue weighted by Gasteiger charge is -2.02.